The SMILES string of the molecule is c1ccc(-c2nc(-c3ccccc3)nc(-c3cccc4sc5ccc(-n6c7ccccc7c7ccccc76)cc5c34)n2)cc1. The molecule has 0 unspecified atom stereocenters. The highest BCUT2D eigenvalue weighted by atomic mass is 32.1. The van der Waals surface area contributed by atoms with E-state index < -0.39 is 0 Å². The van der Waals surface area contributed by atoms with Crippen LogP contribution in [0.2, 0.25) is 0 Å². The van der Waals surface area contributed by atoms with E-state index in [0.29, 0.717) is 17.5 Å². The van der Waals surface area contributed by atoms with Gasteiger partial charge in [-0.1, -0.05) is 109 Å². The maximum atomic E-state index is 5.07. The minimum Gasteiger partial charge on any atom is -0.309 e. The summed E-state index contributed by atoms with van der Waals surface area (Å²) in [6.45, 7) is 0. The lowest BCUT2D eigenvalue weighted by Gasteiger charge is -2.10. The van der Waals surface area contributed by atoms with Crippen LogP contribution in [0.5, 0.6) is 0 Å². The summed E-state index contributed by atoms with van der Waals surface area (Å²) >= 11 is 1.80. The van der Waals surface area contributed by atoms with Gasteiger partial charge in [0.2, 0.25) is 0 Å². The van der Waals surface area contributed by atoms with E-state index in [1.54, 1.807) is 11.3 Å². The molecule has 6 aromatic carbocycles. The van der Waals surface area contributed by atoms with Crippen molar-refractivity contribution in [2.45, 2.75) is 0 Å². The Hall–Kier alpha value is -5.65. The average Bonchev–Trinajstić information content (AvgIpc) is 3.64. The molecule has 0 spiro atoms. The van der Waals surface area contributed by atoms with E-state index in [1.165, 1.54) is 42.0 Å². The number of hydrogen-bond donors (Lipinski definition) is 0. The first-order valence-electron chi connectivity index (χ1n) is 14.6. The molecule has 0 atom stereocenters. The van der Waals surface area contributed by atoms with Gasteiger partial charge in [0.05, 0.1) is 11.0 Å². The van der Waals surface area contributed by atoms with Crippen molar-refractivity contribution in [2.24, 2.45) is 0 Å². The number of para-hydroxylation sites is 2. The van der Waals surface area contributed by atoms with Crippen molar-refractivity contribution in [3.05, 3.63) is 146 Å². The number of rotatable bonds is 4. The average molecular weight is 581 g/mol. The molecule has 0 N–H and O–H groups in total. The van der Waals surface area contributed by atoms with E-state index in [2.05, 4.69) is 89.5 Å². The third-order valence-corrected chi connectivity index (χ3v) is 9.39. The molecule has 4 nitrogen and oxygen atoms in total. The highest BCUT2D eigenvalue weighted by molar-refractivity contribution is 7.25. The van der Waals surface area contributed by atoms with Crippen LogP contribution >= 0.6 is 11.3 Å². The Morgan fingerprint density at radius 1 is 0.432 bits per heavy atom. The molecule has 0 aliphatic heterocycles. The van der Waals surface area contributed by atoms with Crippen LogP contribution < -0.4 is 0 Å². The van der Waals surface area contributed by atoms with Gasteiger partial charge in [0.15, 0.2) is 17.5 Å². The first kappa shape index (κ1) is 24.9. The van der Waals surface area contributed by atoms with Crippen LogP contribution in [0, 0.1) is 0 Å². The number of thiophene rings is 1. The van der Waals surface area contributed by atoms with Gasteiger partial charge in [-0.25, -0.2) is 15.0 Å². The summed E-state index contributed by atoms with van der Waals surface area (Å²) < 4.78 is 4.82. The normalized spacial score (nSPS) is 11.6. The summed E-state index contributed by atoms with van der Waals surface area (Å²) in [4.78, 5) is 15.0. The molecular formula is C39H24N4S. The van der Waals surface area contributed by atoms with E-state index >= 15 is 0 Å². The molecule has 9 aromatic rings. The van der Waals surface area contributed by atoms with Crippen molar-refractivity contribution in [1.82, 2.24) is 19.5 Å². The summed E-state index contributed by atoms with van der Waals surface area (Å²) in [5, 5.41) is 4.87. The molecule has 3 aromatic heterocycles. The second-order valence-electron chi connectivity index (χ2n) is 10.9. The second-order valence-corrected chi connectivity index (χ2v) is 12.0. The van der Waals surface area contributed by atoms with Gasteiger partial charge in [-0.05, 0) is 36.4 Å². The van der Waals surface area contributed by atoms with Crippen LogP contribution in [-0.4, -0.2) is 19.5 Å². The van der Waals surface area contributed by atoms with Gasteiger partial charge in [0.25, 0.3) is 0 Å². The fourth-order valence-corrected chi connectivity index (χ4v) is 7.38. The zero-order valence-corrected chi connectivity index (χ0v) is 24.4. The molecule has 0 saturated heterocycles. The molecule has 0 saturated carbocycles. The van der Waals surface area contributed by atoms with E-state index in [4.69, 9.17) is 15.0 Å². The van der Waals surface area contributed by atoms with E-state index in [0.717, 1.165) is 22.4 Å². The molecule has 0 bridgehead atoms. The number of benzene rings is 6. The molecule has 0 amide bonds. The first-order valence-corrected chi connectivity index (χ1v) is 15.4. The third kappa shape index (κ3) is 3.94. The van der Waals surface area contributed by atoms with Crippen LogP contribution in [0.3, 0.4) is 0 Å². The number of hydrogen-bond acceptors (Lipinski definition) is 4. The Labute approximate surface area is 257 Å². The summed E-state index contributed by atoms with van der Waals surface area (Å²) in [6.07, 6.45) is 0. The van der Waals surface area contributed by atoms with Gasteiger partial charge >= 0.3 is 0 Å². The molecule has 3 heterocycles. The first-order chi connectivity index (χ1) is 21.8. The Morgan fingerprint density at radius 2 is 1.00 bits per heavy atom. The van der Waals surface area contributed by atoms with Gasteiger partial charge in [-0.2, -0.15) is 0 Å². The Kier molecular flexibility index (Phi) is 5.64. The summed E-state index contributed by atoms with van der Waals surface area (Å²) in [5.74, 6) is 2.00. The maximum Gasteiger partial charge on any atom is 0.164 e. The predicted octanol–water partition coefficient (Wildman–Crippen LogP) is 10.3. The topological polar surface area (TPSA) is 43.6 Å². The van der Waals surface area contributed by atoms with Crippen LogP contribution in [0.15, 0.2) is 146 Å². The number of fused-ring (bicyclic) bond motifs is 6. The van der Waals surface area contributed by atoms with Crippen LogP contribution in [0.4, 0.5) is 0 Å². The summed E-state index contributed by atoms with van der Waals surface area (Å²) in [6, 6.07) is 50.8. The Morgan fingerprint density at radius 3 is 1.64 bits per heavy atom. The minimum atomic E-state index is 0.664. The van der Waals surface area contributed by atoms with Crippen molar-refractivity contribution in [3.63, 3.8) is 0 Å². The Bertz CT molecular complexity index is 2380. The van der Waals surface area contributed by atoms with Crippen molar-refractivity contribution >= 4 is 53.3 Å². The second kappa shape index (κ2) is 9.97. The molecule has 5 heteroatoms. The van der Waals surface area contributed by atoms with E-state index in [1.807, 2.05) is 60.7 Å². The zero-order chi connectivity index (χ0) is 29.0. The van der Waals surface area contributed by atoms with Crippen molar-refractivity contribution in [2.75, 3.05) is 0 Å². The molecule has 0 radical (unpaired) electrons. The molecule has 44 heavy (non-hydrogen) atoms. The lowest BCUT2D eigenvalue weighted by molar-refractivity contribution is 1.08. The van der Waals surface area contributed by atoms with Crippen LogP contribution in [-0.2, 0) is 0 Å². The Balaban J connectivity index is 1.31. The highest BCUT2D eigenvalue weighted by Gasteiger charge is 2.18. The van der Waals surface area contributed by atoms with Crippen molar-refractivity contribution in [3.8, 4) is 39.9 Å². The predicted molar refractivity (Wildman–Crippen MR) is 183 cm³/mol. The number of aromatic nitrogens is 4. The van der Waals surface area contributed by atoms with Crippen molar-refractivity contribution < 1.29 is 0 Å². The van der Waals surface area contributed by atoms with Gasteiger partial charge in [-0.3, -0.25) is 0 Å². The van der Waals surface area contributed by atoms with Gasteiger partial charge in [0.1, 0.15) is 0 Å². The molecule has 0 aliphatic carbocycles. The fourth-order valence-electron chi connectivity index (χ4n) is 6.27. The molecule has 0 fully saturated rings. The largest absolute Gasteiger partial charge is 0.309 e. The fraction of sp³-hybridized carbons (Fsp3) is 0. The quantitative estimate of drug-likeness (QED) is 0.208. The van der Waals surface area contributed by atoms with Crippen molar-refractivity contribution in [1.29, 1.82) is 0 Å². The smallest absolute Gasteiger partial charge is 0.164 e. The third-order valence-electron chi connectivity index (χ3n) is 8.26. The maximum absolute atomic E-state index is 5.07. The molecule has 0 aliphatic rings. The minimum absolute atomic E-state index is 0.664. The highest BCUT2D eigenvalue weighted by Crippen LogP contribution is 2.41. The van der Waals surface area contributed by atoms with Crippen LogP contribution in [0.25, 0.3) is 81.8 Å². The molecular weight excluding hydrogens is 557 g/mol. The van der Waals surface area contributed by atoms with Gasteiger partial charge < -0.3 is 4.57 Å². The van der Waals surface area contributed by atoms with Gasteiger partial charge in [0, 0.05) is 53.3 Å². The lowest BCUT2D eigenvalue weighted by atomic mass is 10.0. The monoisotopic (exact) mass is 580 g/mol. The molecule has 9 rings (SSSR count). The number of nitrogens with zero attached hydrogens (tertiary/aromatic N) is 4. The van der Waals surface area contributed by atoms with Gasteiger partial charge in [-0.15, -0.1) is 11.3 Å². The summed E-state index contributed by atoms with van der Waals surface area (Å²) in [7, 11) is 0. The standard InChI is InChI=1S/C39H24N4S/c1-3-12-25(13-4-1)37-40-38(26-14-5-2-6-15-26)42-39(41-37)30-18-11-21-35-36(30)31-24-27(22-23-34(31)44-35)43-32-19-9-7-16-28(32)29-17-8-10-20-33(29)43/h1-24H. The lowest BCUT2D eigenvalue weighted by Crippen LogP contribution is -2.00. The van der Waals surface area contributed by atoms with E-state index in [9.17, 15) is 0 Å². The summed E-state index contributed by atoms with van der Waals surface area (Å²) in [5.41, 5.74) is 6.46. The van der Waals surface area contributed by atoms with E-state index in [-0.39, 0.29) is 0 Å². The molecule has 206 valence electrons. The zero-order valence-electron chi connectivity index (χ0n) is 23.6. The van der Waals surface area contributed by atoms with Crippen LogP contribution in [0.1, 0.15) is 0 Å².